The highest BCUT2D eigenvalue weighted by Crippen LogP contribution is 2.37. The molecule has 1 heterocycles. The second-order valence-corrected chi connectivity index (χ2v) is 6.26. The molecule has 0 atom stereocenters. The van der Waals surface area contributed by atoms with Gasteiger partial charge in [0.15, 0.2) is 0 Å². The molecule has 0 bridgehead atoms. The van der Waals surface area contributed by atoms with Gasteiger partial charge in [-0.2, -0.15) is 0 Å². The third-order valence-electron chi connectivity index (χ3n) is 4.47. The lowest BCUT2D eigenvalue weighted by atomic mass is 9.82. The molecule has 0 amide bonds. The van der Waals surface area contributed by atoms with Crippen LogP contribution in [0.4, 0.5) is 0 Å². The summed E-state index contributed by atoms with van der Waals surface area (Å²) in [5.41, 5.74) is 4.47. The Morgan fingerprint density at radius 1 is 1.24 bits per heavy atom. The molecule has 0 aliphatic heterocycles. The van der Waals surface area contributed by atoms with Crippen molar-refractivity contribution in [3.8, 4) is 0 Å². The van der Waals surface area contributed by atoms with Gasteiger partial charge in [0.2, 0.25) is 0 Å². The molecule has 1 N–H and O–H groups in total. The molecular weight excluding hydrogens is 262 g/mol. The second-order valence-electron chi connectivity index (χ2n) is 6.26. The zero-order valence-electron chi connectivity index (χ0n) is 12.8. The third kappa shape index (κ3) is 2.86. The van der Waals surface area contributed by atoms with Crippen LogP contribution in [-0.2, 0) is 13.2 Å². The van der Waals surface area contributed by atoms with E-state index in [1.54, 1.807) is 0 Å². The summed E-state index contributed by atoms with van der Waals surface area (Å²) in [5, 5.41) is 17.8. The van der Waals surface area contributed by atoms with Crippen LogP contribution in [-0.4, -0.2) is 20.1 Å². The lowest BCUT2D eigenvalue weighted by molar-refractivity contribution is 0.271. The van der Waals surface area contributed by atoms with Gasteiger partial charge in [-0.1, -0.05) is 49.7 Å². The molecule has 1 fully saturated rings. The van der Waals surface area contributed by atoms with Crippen molar-refractivity contribution in [3.63, 3.8) is 0 Å². The van der Waals surface area contributed by atoms with Crippen LogP contribution >= 0.6 is 0 Å². The zero-order chi connectivity index (χ0) is 14.8. The highest BCUT2D eigenvalue weighted by atomic mass is 16.3. The minimum absolute atomic E-state index is 0.0158. The maximum Gasteiger partial charge on any atom is 0.112 e. The normalized spacial score (nSPS) is 15.4. The molecule has 2 aromatic rings. The van der Waals surface area contributed by atoms with E-state index in [9.17, 15) is 5.11 Å². The van der Waals surface area contributed by atoms with Crippen LogP contribution in [0.3, 0.4) is 0 Å². The fraction of sp³-hybridized carbons (Fsp3) is 0.529. The summed E-state index contributed by atoms with van der Waals surface area (Å²) in [7, 11) is 0. The summed E-state index contributed by atoms with van der Waals surface area (Å²) in [6.07, 6.45) is 3.64. The number of hydrogen-bond acceptors (Lipinski definition) is 3. The van der Waals surface area contributed by atoms with Crippen molar-refractivity contribution in [1.29, 1.82) is 0 Å². The standard InChI is InChI=1S/C17H23N3O/c1-12(2)14-8-6-13(7-9-14)10-20-17(15-4-3-5-15)16(11-21)18-19-20/h6-9,12,15,21H,3-5,10-11H2,1-2H3. The highest BCUT2D eigenvalue weighted by molar-refractivity contribution is 5.26. The topological polar surface area (TPSA) is 50.9 Å². The van der Waals surface area contributed by atoms with Gasteiger partial charge in [-0.15, -0.1) is 5.10 Å². The number of rotatable bonds is 5. The van der Waals surface area contributed by atoms with Crippen molar-refractivity contribution in [2.45, 2.75) is 58.1 Å². The molecule has 1 aliphatic carbocycles. The Labute approximate surface area is 125 Å². The minimum Gasteiger partial charge on any atom is -0.390 e. The quantitative estimate of drug-likeness (QED) is 0.917. The number of aliphatic hydroxyl groups excluding tert-OH is 1. The molecule has 21 heavy (non-hydrogen) atoms. The van der Waals surface area contributed by atoms with Gasteiger partial charge in [-0.3, -0.25) is 0 Å². The molecule has 0 saturated heterocycles. The van der Waals surface area contributed by atoms with Gasteiger partial charge in [-0.25, -0.2) is 4.68 Å². The van der Waals surface area contributed by atoms with E-state index in [4.69, 9.17) is 0 Å². The van der Waals surface area contributed by atoms with Crippen molar-refractivity contribution in [2.75, 3.05) is 0 Å². The first kappa shape index (κ1) is 14.3. The Hall–Kier alpha value is -1.68. The van der Waals surface area contributed by atoms with Crippen LogP contribution in [0.25, 0.3) is 0 Å². The Morgan fingerprint density at radius 3 is 2.48 bits per heavy atom. The van der Waals surface area contributed by atoms with E-state index >= 15 is 0 Å². The van der Waals surface area contributed by atoms with Crippen LogP contribution in [0.1, 0.15) is 67.5 Å². The highest BCUT2D eigenvalue weighted by Gasteiger charge is 2.27. The molecule has 112 valence electrons. The number of nitrogens with zero attached hydrogens (tertiary/aromatic N) is 3. The van der Waals surface area contributed by atoms with Crippen LogP contribution in [0.2, 0.25) is 0 Å². The van der Waals surface area contributed by atoms with E-state index in [-0.39, 0.29) is 6.61 Å². The van der Waals surface area contributed by atoms with E-state index in [2.05, 4.69) is 48.4 Å². The molecule has 0 unspecified atom stereocenters. The van der Waals surface area contributed by atoms with E-state index < -0.39 is 0 Å². The SMILES string of the molecule is CC(C)c1ccc(Cn2nnc(CO)c2C2CCC2)cc1. The van der Waals surface area contributed by atoms with Gasteiger partial charge < -0.3 is 5.11 Å². The average Bonchev–Trinajstić information content (AvgIpc) is 2.80. The van der Waals surface area contributed by atoms with Crippen LogP contribution < -0.4 is 0 Å². The summed E-state index contributed by atoms with van der Waals surface area (Å²) in [6.45, 7) is 5.12. The molecule has 1 aromatic carbocycles. The average molecular weight is 285 g/mol. The van der Waals surface area contributed by atoms with E-state index in [0.717, 1.165) is 17.9 Å². The fourth-order valence-electron chi connectivity index (χ4n) is 2.89. The molecule has 1 aliphatic rings. The summed E-state index contributed by atoms with van der Waals surface area (Å²) in [5.74, 6) is 1.08. The minimum atomic E-state index is -0.0158. The van der Waals surface area contributed by atoms with Gasteiger partial charge in [0.05, 0.1) is 18.8 Å². The second kappa shape index (κ2) is 5.98. The largest absolute Gasteiger partial charge is 0.390 e. The predicted molar refractivity (Wildman–Crippen MR) is 82.2 cm³/mol. The van der Waals surface area contributed by atoms with Crippen LogP contribution in [0.5, 0.6) is 0 Å². The monoisotopic (exact) mass is 285 g/mol. The first-order valence-electron chi connectivity index (χ1n) is 7.81. The van der Waals surface area contributed by atoms with Crippen molar-refractivity contribution in [3.05, 3.63) is 46.8 Å². The number of hydrogen-bond donors (Lipinski definition) is 1. The Kier molecular flexibility index (Phi) is 4.06. The van der Waals surface area contributed by atoms with Crippen LogP contribution in [0, 0.1) is 0 Å². The lowest BCUT2D eigenvalue weighted by Crippen LogP contribution is -2.17. The first-order valence-corrected chi connectivity index (χ1v) is 7.81. The van der Waals surface area contributed by atoms with E-state index in [1.807, 2.05) is 4.68 Å². The summed E-state index contributed by atoms with van der Waals surface area (Å²) in [6, 6.07) is 8.71. The van der Waals surface area contributed by atoms with Crippen molar-refractivity contribution in [2.24, 2.45) is 0 Å². The van der Waals surface area contributed by atoms with Gasteiger partial charge >= 0.3 is 0 Å². The van der Waals surface area contributed by atoms with Crippen molar-refractivity contribution < 1.29 is 5.11 Å². The molecule has 4 heteroatoms. The zero-order valence-corrected chi connectivity index (χ0v) is 12.8. The summed E-state index contributed by atoms with van der Waals surface area (Å²) >= 11 is 0. The number of aromatic nitrogens is 3. The summed E-state index contributed by atoms with van der Waals surface area (Å²) in [4.78, 5) is 0. The molecule has 0 radical (unpaired) electrons. The molecule has 0 spiro atoms. The Balaban J connectivity index is 1.82. The van der Waals surface area contributed by atoms with Crippen LogP contribution in [0.15, 0.2) is 24.3 Å². The smallest absolute Gasteiger partial charge is 0.112 e. The molecular formula is C17H23N3O. The molecule has 1 saturated carbocycles. The van der Waals surface area contributed by atoms with Gasteiger partial charge in [0, 0.05) is 5.92 Å². The molecule has 3 rings (SSSR count). The number of benzene rings is 1. The number of aliphatic hydroxyl groups is 1. The van der Waals surface area contributed by atoms with Gasteiger partial charge in [-0.05, 0) is 29.9 Å². The fourth-order valence-corrected chi connectivity index (χ4v) is 2.89. The maximum absolute atomic E-state index is 9.45. The molecule has 1 aromatic heterocycles. The Morgan fingerprint density at radius 2 is 1.95 bits per heavy atom. The molecule has 4 nitrogen and oxygen atoms in total. The Bertz CT molecular complexity index is 597. The van der Waals surface area contributed by atoms with Gasteiger partial charge in [0.25, 0.3) is 0 Å². The predicted octanol–water partition coefficient (Wildman–Crippen LogP) is 3.21. The van der Waals surface area contributed by atoms with E-state index in [1.165, 1.54) is 30.4 Å². The summed E-state index contributed by atoms with van der Waals surface area (Å²) < 4.78 is 1.97. The van der Waals surface area contributed by atoms with E-state index in [0.29, 0.717) is 11.8 Å². The maximum atomic E-state index is 9.45. The van der Waals surface area contributed by atoms with Crippen molar-refractivity contribution in [1.82, 2.24) is 15.0 Å². The van der Waals surface area contributed by atoms with Crippen molar-refractivity contribution >= 4 is 0 Å². The third-order valence-corrected chi connectivity index (χ3v) is 4.47. The first-order chi connectivity index (χ1) is 10.2. The lowest BCUT2D eigenvalue weighted by Gasteiger charge is -2.26. The van der Waals surface area contributed by atoms with Gasteiger partial charge in [0.1, 0.15) is 5.69 Å².